The minimum atomic E-state index is -0.417. The van der Waals surface area contributed by atoms with Crippen LogP contribution in [-0.2, 0) is 11.2 Å². The number of thiocarbonyl (C=S) groups is 1. The predicted molar refractivity (Wildman–Crippen MR) is 82.9 cm³/mol. The molecule has 4 heteroatoms. The smallest absolute Gasteiger partial charge is 0.233 e. The predicted octanol–water partition coefficient (Wildman–Crippen LogP) is 2.39. The first-order valence-electron chi connectivity index (χ1n) is 6.61. The zero-order valence-corrected chi connectivity index (χ0v) is 12.6. The monoisotopic (exact) mass is 278 g/mol. The number of carbonyl (C=O) groups is 1. The molecule has 1 aromatic rings. The van der Waals surface area contributed by atoms with Crippen LogP contribution in [0.2, 0.25) is 0 Å². The SMILES string of the molecule is CCN(C(=O)C(Cc1ccccc1)C(N)=S)C(C)C. The summed E-state index contributed by atoms with van der Waals surface area (Å²) >= 11 is 5.08. The number of hydrogen-bond acceptors (Lipinski definition) is 2. The molecule has 1 amide bonds. The third kappa shape index (κ3) is 4.31. The second-order valence-corrected chi connectivity index (χ2v) is 5.33. The van der Waals surface area contributed by atoms with Crippen LogP contribution in [-0.4, -0.2) is 28.4 Å². The summed E-state index contributed by atoms with van der Waals surface area (Å²) in [5.41, 5.74) is 6.84. The molecular formula is C15H22N2OS. The van der Waals surface area contributed by atoms with Crippen molar-refractivity contribution in [2.75, 3.05) is 6.54 Å². The molecule has 0 fully saturated rings. The summed E-state index contributed by atoms with van der Waals surface area (Å²) in [7, 11) is 0. The number of rotatable bonds is 6. The quantitative estimate of drug-likeness (QED) is 0.813. The van der Waals surface area contributed by atoms with Gasteiger partial charge in [0.25, 0.3) is 0 Å². The Hall–Kier alpha value is -1.42. The normalized spacial score (nSPS) is 12.2. The molecule has 1 aromatic carbocycles. The fraction of sp³-hybridized carbons (Fsp3) is 0.467. The van der Waals surface area contributed by atoms with E-state index >= 15 is 0 Å². The van der Waals surface area contributed by atoms with E-state index in [1.807, 2.05) is 56.0 Å². The highest BCUT2D eigenvalue weighted by Crippen LogP contribution is 2.14. The molecule has 0 heterocycles. The zero-order valence-electron chi connectivity index (χ0n) is 11.8. The van der Waals surface area contributed by atoms with Gasteiger partial charge in [0.15, 0.2) is 0 Å². The van der Waals surface area contributed by atoms with E-state index < -0.39 is 5.92 Å². The molecule has 0 aliphatic rings. The maximum Gasteiger partial charge on any atom is 0.233 e. The second-order valence-electron chi connectivity index (χ2n) is 4.86. The fourth-order valence-corrected chi connectivity index (χ4v) is 2.32. The molecule has 3 nitrogen and oxygen atoms in total. The van der Waals surface area contributed by atoms with E-state index in [9.17, 15) is 4.79 Å². The minimum Gasteiger partial charge on any atom is -0.393 e. The van der Waals surface area contributed by atoms with E-state index in [-0.39, 0.29) is 16.9 Å². The first-order valence-corrected chi connectivity index (χ1v) is 7.01. The lowest BCUT2D eigenvalue weighted by molar-refractivity contribution is -0.134. The van der Waals surface area contributed by atoms with Crippen molar-refractivity contribution in [1.82, 2.24) is 4.90 Å². The molecule has 0 bridgehead atoms. The Bertz CT molecular complexity index is 431. The Morgan fingerprint density at radius 3 is 2.32 bits per heavy atom. The van der Waals surface area contributed by atoms with E-state index in [0.29, 0.717) is 13.0 Å². The number of benzene rings is 1. The van der Waals surface area contributed by atoms with Crippen LogP contribution in [0.1, 0.15) is 26.3 Å². The first-order chi connectivity index (χ1) is 8.97. The van der Waals surface area contributed by atoms with Crippen LogP contribution in [0.3, 0.4) is 0 Å². The third-order valence-electron chi connectivity index (χ3n) is 3.17. The van der Waals surface area contributed by atoms with Crippen molar-refractivity contribution < 1.29 is 4.79 Å². The molecule has 0 saturated heterocycles. The summed E-state index contributed by atoms with van der Waals surface area (Å²) < 4.78 is 0. The molecule has 104 valence electrons. The molecule has 0 aliphatic heterocycles. The Morgan fingerprint density at radius 2 is 1.89 bits per heavy atom. The van der Waals surface area contributed by atoms with Gasteiger partial charge in [-0.15, -0.1) is 0 Å². The molecule has 1 rings (SSSR count). The molecule has 0 radical (unpaired) electrons. The van der Waals surface area contributed by atoms with Crippen LogP contribution >= 0.6 is 12.2 Å². The van der Waals surface area contributed by atoms with E-state index in [1.165, 1.54) is 0 Å². The van der Waals surface area contributed by atoms with E-state index in [4.69, 9.17) is 18.0 Å². The minimum absolute atomic E-state index is 0.0221. The number of nitrogens with two attached hydrogens (primary N) is 1. The average Bonchev–Trinajstić information content (AvgIpc) is 2.37. The van der Waals surface area contributed by atoms with Gasteiger partial charge in [-0.1, -0.05) is 42.5 Å². The van der Waals surface area contributed by atoms with Gasteiger partial charge in [-0.25, -0.2) is 0 Å². The molecule has 1 atom stereocenters. The highest BCUT2D eigenvalue weighted by atomic mass is 32.1. The summed E-state index contributed by atoms with van der Waals surface area (Å²) in [6, 6.07) is 10.00. The lowest BCUT2D eigenvalue weighted by Crippen LogP contribution is -2.45. The van der Waals surface area contributed by atoms with Crippen LogP contribution in [0.4, 0.5) is 0 Å². The Balaban J connectivity index is 2.89. The van der Waals surface area contributed by atoms with Crippen LogP contribution in [0.25, 0.3) is 0 Å². The molecule has 0 spiro atoms. The van der Waals surface area contributed by atoms with Crippen LogP contribution in [0, 0.1) is 5.92 Å². The van der Waals surface area contributed by atoms with Gasteiger partial charge < -0.3 is 10.6 Å². The summed E-state index contributed by atoms with van der Waals surface area (Å²) in [5.74, 6) is -0.395. The van der Waals surface area contributed by atoms with Crippen molar-refractivity contribution in [3.05, 3.63) is 35.9 Å². The molecule has 0 aliphatic carbocycles. The lowest BCUT2D eigenvalue weighted by Gasteiger charge is -2.29. The topological polar surface area (TPSA) is 46.3 Å². The molecular weight excluding hydrogens is 256 g/mol. The molecule has 0 aromatic heterocycles. The van der Waals surface area contributed by atoms with Gasteiger partial charge in [-0.3, -0.25) is 4.79 Å². The Labute approximate surface area is 120 Å². The Kier molecular flexibility index (Phi) is 5.96. The standard InChI is InChI=1S/C15H22N2OS/c1-4-17(11(2)3)15(18)13(14(16)19)10-12-8-6-5-7-9-12/h5-9,11,13H,4,10H2,1-3H3,(H2,16,19). The summed E-state index contributed by atoms with van der Waals surface area (Å²) in [4.78, 5) is 14.6. The van der Waals surface area contributed by atoms with Gasteiger partial charge in [-0.05, 0) is 32.8 Å². The molecule has 19 heavy (non-hydrogen) atoms. The molecule has 0 saturated carbocycles. The van der Waals surface area contributed by atoms with Gasteiger partial charge in [0.1, 0.15) is 0 Å². The van der Waals surface area contributed by atoms with Gasteiger partial charge >= 0.3 is 0 Å². The second kappa shape index (κ2) is 7.24. The Morgan fingerprint density at radius 1 is 1.32 bits per heavy atom. The van der Waals surface area contributed by atoms with Crippen molar-refractivity contribution in [3.8, 4) is 0 Å². The highest BCUT2D eigenvalue weighted by molar-refractivity contribution is 7.80. The van der Waals surface area contributed by atoms with Crippen molar-refractivity contribution in [2.45, 2.75) is 33.2 Å². The van der Waals surface area contributed by atoms with Crippen molar-refractivity contribution >= 4 is 23.1 Å². The maximum atomic E-state index is 12.5. The van der Waals surface area contributed by atoms with Crippen molar-refractivity contribution in [2.24, 2.45) is 11.7 Å². The van der Waals surface area contributed by atoms with Crippen LogP contribution < -0.4 is 5.73 Å². The molecule has 2 N–H and O–H groups in total. The largest absolute Gasteiger partial charge is 0.393 e. The van der Waals surface area contributed by atoms with Crippen LogP contribution in [0.5, 0.6) is 0 Å². The maximum absolute atomic E-state index is 12.5. The van der Waals surface area contributed by atoms with Crippen LogP contribution in [0.15, 0.2) is 30.3 Å². The number of amides is 1. The van der Waals surface area contributed by atoms with Crippen molar-refractivity contribution in [1.29, 1.82) is 0 Å². The number of hydrogen-bond donors (Lipinski definition) is 1. The highest BCUT2D eigenvalue weighted by Gasteiger charge is 2.27. The van der Waals surface area contributed by atoms with E-state index in [0.717, 1.165) is 5.56 Å². The summed E-state index contributed by atoms with van der Waals surface area (Å²) in [6.45, 7) is 6.64. The zero-order chi connectivity index (χ0) is 14.4. The first kappa shape index (κ1) is 15.6. The number of nitrogens with zero attached hydrogens (tertiary/aromatic N) is 1. The van der Waals surface area contributed by atoms with E-state index in [2.05, 4.69) is 0 Å². The van der Waals surface area contributed by atoms with E-state index in [1.54, 1.807) is 0 Å². The summed E-state index contributed by atoms with van der Waals surface area (Å²) in [6.07, 6.45) is 0.568. The number of carbonyl (C=O) groups excluding carboxylic acids is 1. The van der Waals surface area contributed by atoms with Gasteiger partial charge in [-0.2, -0.15) is 0 Å². The summed E-state index contributed by atoms with van der Waals surface area (Å²) in [5, 5.41) is 0. The van der Waals surface area contributed by atoms with Gasteiger partial charge in [0, 0.05) is 12.6 Å². The third-order valence-corrected chi connectivity index (χ3v) is 3.46. The fourth-order valence-electron chi connectivity index (χ4n) is 2.14. The van der Waals surface area contributed by atoms with Gasteiger partial charge in [0.2, 0.25) is 5.91 Å². The van der Waals surface area contributed by atoms with Gasteiger partial charge in [0.05, 0.1) is 10.9 Å². The van der Waals surface area contributed by atoms with Crippen molar-refractivity contribution in [3.63, 3.8) is 0 Å². The molecule has 1 unspecified atom stereocenters. The lowest BCUT2D eigenvalue weighted by atomic mass is 9.97. The average molecular weight is 278 g/mol.